The highest BCUT2D eigenvalue weighted by atomic mass is 32.2. The molecule has 1 N–H and O–H groups in total. The van der Waals surface area contributed by atoms with E-state index in [-0.39, 0.29) is 0 Å². The van der Waals surface area contributed by atoms with E-state index < -0.39 is 0 Å². The highest BCUT2D eigenvalue weighted by molar-refractivity contribution is 7.98. The summed E-state index contributed by atoms with van der Waals surface area (Å²) in [5.74, 6) is 1.03. The molecule has 0 saturated heterocycles. The van der Waals surface area contributed by atoms with E-state index in [0.717, 1.165) is 23.9 Å². The molecule has 3 nitrogen and oxygen atoms in total. The molecule has 4 heteroatoms. The fraction of sp³-hybridized carbons (Fsp3) is 0.500. The van der Waals surface area contributed by atoms with Crippen molar-refractivity contribution in [3.63, 3.8) is 0 Å². The van der Waals surface area contributed by atoms with Crippen molar-refractivity contribution in [1.29, 1.82) is 0 Å². The molecule has 1 aromatic rings. The molecule has 1 aliphatic heterocycles. The van der Waals surface area contributed by atoms with Gasteiger partial charge >= 0.3 is 0 Å². The first-order valence-electron chi connectivity index (χ1n) is 4.04. The lowest BCUT2D eigenvalue weighted by atomic mass is 10.1. The Morgan fingerprint density at radius 3 is 3.33 bits per heavy atom. The van der Waals surface area contributed by atoms with Gasteiger partial charge in [0.05, 0.1) is 0 Å². The summed E-state index contributed by atoms with van der Waals surface area (Å²) in [5.41, 5.74) is 1.25. The highest BCUT2D eigenvalue weighted by Gasteiger charge is 2.10. The van der Waals surface area contributed by atoms with Crippen LogP contribution < -0.4 is 5.32 Å². The zero-order valence-corrected chi connectivity index (χ0v) is 7.82. The lowest BCUT2D eigenvalue weighted by molar-refractivity contribution is 0.788. The zero-order valence-electron chi connectivity index (χ0n) is 7.00. The number of fused-ring (bicyclic) bond motifs is 1. The molecule has 0 amide bonds. The molecular weight excluding hydrogens is 170 g/mol. The van der Waals surface area contributed by atoms with Crippen LogP contribution in [-0.4, -0.2) is 22.8 Å². The molecule has 0 radical (unpaired) electrons. The normalized spacial score (nSPS) is 15.1. The largest absolute Gasteiger partial charge is 0.370 e. The topological polar surface area (TPSA) is 37.8 Å². The summed E-state index contributed by atoms with van der Waals surface area (Å²) in [5, 5.41) is 4.12. The van der Waals surface area contributed by atoms with Gasteiger partial charge in [0.15, 0.2) is 5.16 Å². The first kappa shape index (κ1) is 7.86. The van der Waals surface area contributed by atoms with Crippen molar-refractivity contribution in [2.45, 2.75) is 18.0 Å². The number of thioether (sulfide) groups is 1. The van der Waals surface area contributed by atoms with Crippen LogP contribution in [0.1, 0.15) is 12.0 Å². The van der Waals surface area contributed by atoms with Crippen LogP contribution in [0, 0.1) is 0 Å². The molecule has 1 aromatic heterocycles. The Hall–Kier alpha value is -0.770. The summed E-state index contributed by atoms with van der Waals surface area (Å²) in [4.78, 5) is 8.59. The van der Waals surface area contributed by atoms with Gasteiger partial charge in [0.1, 0.15) is 5.82 Å². The number of aryl methyl sites for hydroxylation is 1. The average molecular weight is 181 g/mol. The summed E-state index contributed by atoms with van der Waals surface area (Å²) < 4.78 is 0. The van der Waals surface area contributed by atoms with Gasteiger partial charge in [0, 0.05) is 18.3 Å². The van der Waals surface area contributed by atoms with Gasteiger partial charge in [-0.2, -0.15) is 0 Å². The maximum Gasteiger partial charge on any atom is 0.189 e. The van der Waals surface area contributed by atoms with Gasteiger partial charge in [-0.25, -0.2) is 9.97 Å². The minimum atomic E-state index is 0.850. The van der Waals surface area contributed by atoms with Gasteiger partial charge in [-0.1, -0.05) is 11.8 Å². The molecular formula is C8H11N3S. The van der Waals surface area contributed by atoms with Crippen molar-refractivity contribution in [3.05, 3.63) is 11.8 Å². The standard InChI is InChI=1S/C8H11N3S/c1-12-8-10-5-6-3-2-4-9-7(6)11-8/h5H,2-4H2,1H3,(H,9,10,11). The number of rotatable bonds is 1. The van der Waals surface area contributed by atoms with Gasteiger partial charge in [-0.05, 0) is 19.1 Å². The SMILES string of the molecule is CSc1ncc2c(n1)NCCC2. The van der Waals surface area contributed by atoms with E-state index in [0.29, 0.717) is 0 Å². The number of anilines is 1. The van der Waals surface area contributed by atoms with Crippen LogP contribution in [-0.2, 0) is 6.42 Å². The lowest BCUT2D eigenvalue weighted by Crippen LogP contribution is -2.13. The number of hydrogen-bond donors (Lipinski definition) is 1. The molecule has 64 valence electrons. The van der Waals surface area contributed by atoms with E-state index in [9.17, 15) is 0 Å². The lowest BCUT2D eigenvalue weighted by Gasteiger charge is -2.15. The Kier molecular flexibility index (Phi) is 2.17. The Balaban J connectivity index is 2.36. The van der Waals surface area contributed by atoms with E-state index in [1.54, 1.807) is 11.8 Å². The smallest absolute Gasteiger partial charge is 0.189 e. The highest BCUT2D eigenvalue weighted by Crippen LogP contribution is 2.20. The van der Waals surface area contributed by atoms with Crippen molar-refractivity contribution in [2.75, 3.05) is 18.1 Å². The summed E-state index contributed by atoms with van der Waals surface area (Å²) >= 11 is 1.58. The van der Waals surface area contributed by atoms with Crippen LogP contribution in [0.25, 0.3) is 0 Å². The third-order valence-electron chi connectivity index (χ3n) is 1.94. The van der Waals surface area contributed by atoms with Gasteiger partial charge in [0.25, 0.3) is 0 Å². The second-order valence-corrected chi connectivity index (χ2v) is 3.53. The van der Waals surface area contributed by atoms with Crippen molar-refractivity contribution in [2.24, 2.45) is 0 Å². The van der Waals surface area contributed by atoms with Gasteiger partial charge in [-0.3, -0.25) is 0 Å². The van der Waals surface area contributed by atoms with Crippen LogP contribution >= 0.6 is 11.8 Å². The molecule has 12 heavy (non-hydrogen) atoms. The molecule has 0 bridgehead atoms. The number of nitrogens with zero attached hydrogens (tertiary/aromatic N) is 2. The summed E-state index contributed by atoms with van der Waals surface area (Å²) in [7, 11) is 0. The maximum absolute atomic E-state index is 4.37. The van der Waals surface area contributed by atoms with Crippen molar-refractivity contribution in [1.82, 2.24) is 9.97 Å². The Morgan fingerprint density at radius 2 is 2.50 bits per heavy atom. The quantitative estimate of drug-likeness (QED) is 0.527. The van der Waals surface area contributed by atoms with Gasteiger partial charge in [-0.15, -0.1) is 0 Å². The first-order chi connectivity index (χ1) is 5.90. The molecule has 2 rings (SSSR count). The van der Waals surface area contributed by atoms with Gasteiger partial charge in [0.2, 0.25) is 0 Å². The Labute approximate surface area is 76.0 Å². The fourth-order valence-corrected chi connectivity index (χ4v) is 1.65. The second-order valence-electron chi connectivity index (χ2n) is 2.76. The van der Waals surface area contributed by atoms with Crippen LogP contribution in [0.2, 0.25) is 0 Å². The minimum Gasteiger partial charge on any atom is -0.370 e. The summed E-state index contributed by atoms with van der Waals surface area (Å²) in [6.45, 7) is 1.04. The third-order valence-corrected chi connectivity index (χ3v) is 2.50. The van der Waals surface area contributed by atoms with Gasteiger partial charge < -0.3 is 5.32 Å². The maximum atomic E-state index is 4.37. The number of hydrogen-bond acceptors (Lipinski definition) is 4. The fourth-order valence-electron chi connectivity index (χ4n) is 1.31. The van der Waals surface area contributed by atoms with E-state index >= 15 is 0 Å². The predicted molar refractivity (Wildman–Crippen MR) is 50.6 cm³/mol. The molecule has 0 aromatic carbocycles. The molecule has 2 heterocycles. The van der Waals surface area contributed by atoms with Crippen LogP contribution in [0.4, 0.5) is 5.82 Å². The molecule has 0 spiro atoms. The Morgan fingerprint density at radius 1 is 1.58 bits per heavy atom. The van der Waals surface area contributed by atoms with Crippen LogP contribution in [0.5, 0.6) is 0 Å². The average Bonchev–Trinajstić information content (AvgIpc) is 2.17. The number of aromatic nitrogens is 2. The summed E-state index contributed by atoms with van der Waals surface area (Å²) in [6, 6.07) is 0. The molecule has 0 aliphatic carbocycles. The van der Waals surface area contributed by atoms with Crippen molar-refractivity contribution in [3.8, 4) is 0 Å². The molecule has 0 atom stereocenters. The molecule has 0 fully saturated rings. The van der Waals surface area contributed by atoms with Crippen molar-refractivity contribution >= 4 is 17.6 Å². The molecule has 0 saturated carbocycles. The second kappa shape index (κ2) is 3.31. The first-order valence-corrected chi connectivity index (χ1v) is 5.26. The third kappa shape index (κ3) is 1.39. The van der Waals surface area contributed by atoms with E-state index in [1.807, 2.05) is 12.5 Å². The van der Waals surface area contributed by atoms with Crippen molar-refractivity contribution < 1.29 is 0 Å². The molecule has 0 unspecified atom stereocenters. The monoisotopic (exact) mass is 181 g/mol. The Bertz CT molecular complexity index is 288. The predicted octanol–water partition coefficient (Wildman–Crippen LogP) is 1.56. The molecule has 1 aliphatic rings. The van der Waals surface area contributed by atoms with E-state index in [1.165, 1.54) is 12.0 Å². The zero-order chi connectivity index (χ0) is 8.39. The van der Waals surface area contributed by atoms with Crippen LogP contribution in [0.3, 0.4) is 0 Å². The van der Waals surface area contributed by atoms with Crippen LogP contribution in [0.15, 0.2) is 11.4 Å². The minimum absolute atomic E-state index is 0.850. The van der Waals surface area contributed by atoms with E-state index in [4.69, 9.17) is 0 Å². The summed E-state index contributed by atoms with van der Waals surface area (Å²) in [6.07, 6.45) is 6.22. The van der Waals surface area contributed by atoms with E-state index in [2.05, 4.69) is 15.3 Å². The number of nitrogens with one attached hydrogen (secondary N) is 1.